The van der Waals surface area contributed by atoms with E-state index in [4.69, 9.17) is 0 Å². The molecule has 1 atom stereocenters. The highest BCUT2D eigenvalue weighted by Gasteiger charge is 2.39. The van der Waals surface area contributed by atoms with Gasteiger partial charge in [0.05, 0.1) is 0 Å². The summed E-state index contributed by atoms with van der Waals surface area (Å²) in [5.74, 6) is 0. The summed E-state index contributed by atoms with van der Waals surface area (Å²) in [7, 11) is 0. The molecule has 0 aromatic rings. The van der Waals surface area contributed by atoms with Crippen LogP contribution in [-0.2, 0) is 0 Å². The summed E-state index contributed by atoms with van der Waals surface area (Å²) < 4.78 is 0. The van der Waals surface area contributed by atoms with E-state index in [2.05, 4.69) is 51.8 Å². The fourth-order valence-corrected chi connectivity index (χ4v) is 2.02. The fraction of sp³-hybridized carbons (Fsp3) is 1.00. The maximum atomic E-state index is 3.46. The van der Waals surface area contributed by atoms with Gasteiger partial charge in [-0.1, -0.05) is 20.8 Å². The molecule has 1 aliphatic rings. The predicted molar refractivity (Wildman–Crippen MR) is 65.0 cm³/mol. The molecule has 1 N–H and O–H groups in total. The van der Waals surface area contributed by atoms with Gasteiger partial charge in [0, 0.05) is 24.8 Å². The second-order valence-corrected chi connectivity index (χ2v) is 6.13. The fourth-order valence-electron chi connectivity index (χ4n) is 2.02. The van der Waals surface area contributed by atoms with E-state index in [1.165, 1.54) is 0 Å². The van der Waals surface area contributed by atoms with Crippen molar-refractivity contribution in [2.24, 2.45) is 5.41 Å². The Kier molecular flexibility index (Phi) is 4.44. The average Bonchev–Trinajstić information content (AvgIpc) is 2.27. The molecule has 0 spiro atoms. The third-order valence-electron chi connectivity index (χ3n) is 2.86. The van der Waals surface area contributed by atoms with Gasteiger partial charge in [-0.25, -0.2) is 0 Å². The van der Waals surface area contributed by atoms with Crippen LogP contribution in [0.5, 0.6) is 0 Å². The molecule has 1 fully saturated rings. The third kappa shape index (κ3) is 3.11. The second-order valence-electron chi connectivity index (χ2n) is 6.13. The summed E-state index contributed by atoms with van der Waals surface area (Å²) in [6, 6.07) is 0.660. The van der Waals surface area contributed by atoms with Crippen molar-refractivity contribution < 1.29 is 0 Å². The molecule has 1 saturated heterocycles. The Morgan fingerprint density at radius 3 is 1.86 bits per heavy atom. The van der Waals surface area contributed by atoms with Crippen LogP contribution in [0.2, 0.25) is 0 Å². The van der Waals surface area contributed by atoms with Crippen LogP contribution in [0.4, 0.5) is 0 Å². The van der Waals surface area contributed by atoms with E-state index < -0.39 is 0 Å². The van der Waals surface area contributed by atoms with E-state index in [0.29, 0.717) is 11.5 Å². The summed E-state index contributed by atoms with van der Waals surface area (Å²) in [6.07, 6.45) is 0. The summed E-state index contributed by atoms with van der Waals surface area (Å²) in [5.41, 5.74) is 0.651. The zero-order valence-corrected chi connectivity index (χ0v) is 11.2. The Balaban J connectivity index is 0.00000169. The standard InChI is InChI=1S/C11H24N2.ClH/c1-10(2,3)9-7-12-8-13(9)11(4,5)6;/h9,12H,7-8H2,1-6H3;1H. The highest BCUT2D eigenvalue weighted by Crippen LogP contribution is 2.31. The van der Waals surface area contributed by atoms with Gasteiger partial charge in [0.2, 0.25) is 0 Å². The first kappa shape index (κ1) is 14.2. The normalized spacial score (nSPS) is 24.9. The van der Waals surface area contributed by atoms with Gasteiger partial charge in [-0.15, -0.1) is 12.4 Å². The lowest BCUT2D eigenvalue weighted by molar-refractivity contribution is 0.0626. The van der Waals surface area contributed by atoms with Crippen LogP contribution < -0.4 is 5.32 Å². The molecule has 0 aromatic heterocycles. The van der Waals surface area contributed by atoms with Gasteiger partial charge < -0.3 is 5.32 Å². The molecule has 1 heterocycles. The van der Waals surface area contributed by atoms with Crippen LogP contribution in [0.1, 0.15) is 41.5 Å². The van der Waals surface area contributed by atoms with Crippen LogP contribution in [0.3, 0.4) is 0 Å². The van der Waals surface area contributed by atoms with Gasteiger partial charge >= 0.3 is 0 Å². The lowest BCUT2D eigenvalue weighted by atomic mass is 9.84. The summed E-state index contributed by atoms with van der Waals surface area (Å²) >= 11 is 0. The summed E-state index contributed by atoms with van der Waals surface area (Å²) in [4.78, 5) is 2.56. The SMILES string of the molecule is CC(C)(C)C1CNCN1C(C)(C)C.Cl. The predicted octanol–water partition coefficient (Wildman–Crippen LogP) is 2.48. The molecule has 0 amide bonds. The number of nitrogens with one attached hydrogen (secondary N) is 1. The quantitative estimate of drug-likeness (QED) is 0.675. The molecular weight excluding hydrogens is 196 g/mol. The molecular formula is C11H25ClN2. The van der Waals surface area contributed by atoms with E-state index >= 15 is 0 Å². The van der Waals surface area contributed by atoms with Crippen LogP contribution in [0.15, 0.2) is 0 Å². The molecule has 1 aliphatic heterocycles. The highest BCUT2D eigenvalue weighted by atomic mass is 35.5. The van der Waals surface area contributed by atoms with E-state index in [0.717, 1.165) is 13.2 Å². The zero-order valence-electron chi connectivity index (χ0n) is 10.3. The molecule has 0 bridgehead atoms. The van der Waals surface area contributed by atoms with Crippen LogP contribution in [0, 0.1) is 5.41 Å². The smallest absolute Gasteiger partial charge is 0.0489 e. The lowest BCUT2D eigenvalue weighted by Gasteiger charge is -2.42. The van der Waals surface area contributed by atoms with Gasteiger partial charge in [-0.3, -0.25) is 4.90 Å². The lowest BCUT2D eigenvalue weighted by Crippen LogP contribution is -2.50. The minimum atomic E-state index is 0. The molecule has 14 heavy (non-hydrogen) atoms. The van der Waals surface area contributed by atoms with Crippen molar-refractivity contribution in [1.82, 2.24) is 10.2 Å². The van der Waals surface area contributed by atoms with Gasteiger partial charge in [0.25, 0.3) is 0 Å². The Hall–Kier alpha value is 0.210. The first-order valence-electron chi connectivity index (χ1n) is 5.20. The van der Waals surface area contributed by atoms with E-state index in [9.17, 15) is 0 Å². The van der Waals surface area contributed by atoms with Crippen molar-refractivity contribution in [1.29, 1.82) is 0 Å². The largest absolute Gasteiger partial charge is 0.303 e. The Labute approximate surface area is 94.8 Å². The Morgan fingerprint density at radius 2 is 1.57 bits per heavy atom. The van der Waals surface area contributed by atoms with Crippen molar-refractivity contribution in [2.75, 3.05) is 13.2 Å². The van der Waals surface area contributed by atoms with Crippen LogP contribution >= 0.6 is 12.4 Å². The highest BCUT2D eigenvalue weighted by molar-refractivity contribution is 5.85. The van der Waals surface area contributed by atoms with Crippen molar-refractivity contribution in [3.8, 4) is 0 Å². The molecule has 2 nitrogen and oxygen atoms in total. The number of hydrogen-bond acceptors (Lipinski definition) is 2. The first-order chi connectivity index (χ1) is 5.73. The molecule has 0 aromatic carbocycles. The molecule has 3 heteroatoms. The maximum Gasteiger partial charge on any atom is 0.0489 e. The summed E-state index contributed by atoms with van der Waals surface area (Å²) in [6.45, 7) is 16.0. The van der Waals surface area contributed by atoms with E-state index in [-0.39, 0.29) is 17.9 Å². The zero-order chi connectivity index (χ0) is 10.3. The average molecular weight is 221 g/mol. The van der Waals surface area contributed by atoms with Crippen molar-refractivity contribution in [2.45, 2.75) is 53.1 Å². The molecule has 86 valence electrons. The van der Waals surface area contributed by atoms with Gasteiger partial charge in [0.15, 0.2) is 0 Å². The molecule has 0 saturated carbocycles. The van der Waals surface area contributed by atoms with Crippen molar-refractivity contribution >= 4 is 12.4 Å². The molecule has 0 aliphatic carbocycles. The minimum Gasteiger partial charge on any atom is -0.303 e. The molecule has 0 radical (unpaired) electrons. The van der Waals surface area contributed by atoms with Gasteiger partial charge in [-0.2, -0.15) is 0 Å². The minimum absolute atomic E-state index is 0. The van der Waals surface area contributed by atoms with Crippen molar-refractivity contribution in [3.63, 3.8) is 0 Å². The van der Waals surface area contributed by atoms with Crippen LogP contribution in [0.25, 0.3) is 0 Å². The Morgan fingerprint density at radius 1 is 1.07 bits per heavy atom. The number of rotatable bonds is 0. The Bertz CT molecular complexity index is 159. The van der Waals surface area contributed by atoms with E-state index in [1.807, 2.05) is 0 Å². The third-order valence-corrected chi connectivity index (χ3v) is 2.86. The molecule has 1 unspecified atom stereocenters. The van der Waals surface area contributed by atoms with Crippen LogP contribution in [-0.4, -0.2) is 29.7 Å². The second kappa shape index (κ2) is 4.38. The first-order valence-corrected chi connectivity index (χ1v) is 5.20. The molecule has 1 rings (SSSR count). The van der Waals surface area contributed by atoms with E-state index in [1.54, 1.807) is 0 Å². The van der Waals surface area contributed by atoms with Gasteiger partial charge in [0.1, 0.15) is 0 Å². The van der Waals surface area contributed by atoms with Crippen molar-refractivity contribution in [3.05, 3.63) is 0 Å². The van der Waals surface area contributed by atoms with Gasteiger partial charge in [-0.05, 0) is 26.2 Å². The number of halogens is 1. The number of nitrogens with zero attached hydrogens (tertiary/aromatic N) is 1. The monoisotopic (exact) mass is 220 g/mol. The topological polar surface area (TPSA) is 15.3 Å². The summed E-state index contributed by atoms with van der Waals surface area (Å²) in [5, 5.41) is 3.46. The number of hydrogen-bond donors (Lipinski definition) is 1. The maximum absolute atomic E-state index is 3.46.